The van der Waals surface area contributed by atoms with Crippen LogP contribution in [0.2, 0.25) is 0 Å². The summed E-state index contributed by atoms with van der Waals surface area (Å²) < 4.78 is 15.3. The van der Waals surface area contributed by atoms with Gasteiger partial charge < -0.3 is 50.0 Å². The van der Waals surface area contributed by atoms with E-state index in [9.17, 15) is 30.6 Å². The van der Waals surface area contributed by atoms with Gasteiger partial charge >= 0.3 is 0 Å². The molecule has 2 fully saturated rings. The lowest BCUT2D eigenvalue weighted by molar-refractivity contribution is -0.352. The molecule has 2 aliphatic heterocycles. The van der Waals surface area contributed by atoms with Gasteiger partial charge in [-0.15, -0.1) is 0 Å². The molecule has 2 aliphatic rings. The smallest absolute Gasteiger partial charge is 0.187 e. The molecule has 0 spiro atoms. The number of rotatable bonds is 3. The third kappa shape index (κ3) is 3.26. The van der Waals surface area contributed by atoms with Crippen LogP contribution in [-0.2, 0) is 14.2 Å². The summed E-state index contributed by atoms with van der Waals surface area (Å²) in [6.07, 6.45) is -14.3. The lowest BCUT2D eigenvalue weighted by atomic mass is 9.97. The zero-order valence-electron chi connectivity index (χ0n) is 11.8. The second kappa shape index (κ2) is 7.01. The largest absolute Gasteiger partial charge is 0.394 e. The molecule has 2 heterocycles. The highest BCUT2D eigenvalue weighted by Crippen LogP contribution is 2.28. The minimum absolute atomic E-state index is 0.628. The van der Waals surface area contributed by atoms with Crippen LogP contribution < -0.4 is 0 Å². The summed E-state index contributed by atoms with van der Waals surface area (Å²) in [7, 11) is 0. The Morgan fingerprint density at radius 2 is 1.45 bits per heavy atom. The maximum Gasteiger partial charge on any atom is 0.187 e. The van der Waals surface area contributed by atoms with Gasteiger partial charge in [0.15, 0.2) is 12.6 Å². The summed E-state index contributed by atoms with van der Waals surface area (Å²) in [5.41, 5.74) is 0. The number of aliphatic hydroxyl groups excluding tert-OH is 7. The van der Waals surface area contributed by atoms with Crippen LogP contribution >= 0.6 is 0 Å². The van der Waals surface area contributed by atoms with Crippen molar-refractivity contribution in [1.29, 1.82) is 0 Å². The molecule has 0 aromatic rings. The Morgan fingerprint density at radius 3 is 2.05 bits per heavy atom. The highest BCUT2D eigenvalue weighted by atomic mass is 16.7. The van der Waals surface area contributed by atoms with Crippen LogP contribution in [0.5, 0.6) is 0 Å². The fourth-order valence-corrected chi connectivity index (χ4v) is 2.51. The first kappa shape index (κ1) is 17.9. The molecule has 0 radical (unpaired) electrons. The molecule has 0 aromatic heterocycles. The van der Waals surface area contributed by atoms with Crippen LogP contribution in [0.4, 0.5) is 0 Å². The van der Waals surface area contributed by atoms with Gasteiger partial charge in [-0.1, -0.05) is 0 Å². The van der Waals surface area contributed by atoms with Crippen LogP contribution in [0.25, 0.3) is 0 Å². The molecule has 0 saturated carbocycles. The van der Waals surface area contributed by atoms with E-state index in [2.05, 4.69) is 0 Å². The molecule has 0 amide bonds. The van der Waals surface area contributed by atoms with Crippen molar-refractivity contribution in [2.45, 2.75) is 68.3 Å². The van der Waals surface area contributed by atoms with E-state index in [0.717, 1.165) is 0 Å². The Balaban J connectivity index is 2.10. The van der Waals surface area contributed by atoms with Crippen LogP contribution in [0.3, 0.4) is 0 Å². The van der Waals surface area contributed by atoms with E-state index in [0.29, 0.717) is 0 Å². The Bertz CT molecular complexity index is 368. The minimum Gasteiger partial charge on any atom is -0.394 e. The minimum atomic E-state index is -1.71. The van der Waals surface area contributed by atoms with Crippen molar-refractivity contribution in [3.05, 3.63) is 0 Å². The summed E-state index contributed by atoms with van der Waals surface area (Å²) in [4.78, 5) is 0. The maximum atomic E-state index is 9.99. The van der Waals surface area contributed by atoms with E-state index < -0.39 is 68.0 Å². The SMILES string of the molecule is C[C@H]1O[C@H](O[C@H]2[C@@H](O)[C@@H](O)O[C@H](CO)[C@H]2O)[C@H](O)[C@@H](O)[C@@H]1O. The van der Waals surface area contributed by atoms with Gasteiger partial charge in [0.05, 0.1) is 12.7 Å². The van der Waals surface area contributed by atoms with Crippen molar-refractivity contribution in [1.82, 2.24) is 0 Å². The molecule has 10 nitrogen and oxygen atoms in total. The molecule has 130 valence electrons. The molecule has 0 aliphatic carbocycles. The van der Waals surface area contributed by atoms with Crippen molar-refractivity contribution in [3.8, 4) is 0 Å². The average molecular weight is 326 g/mol. The van der Waals surface area contributed by atoms with Gasteiger partial charge in [0.1, 0.15) is 42.7 Å². The zero-order valence-corrected chi connectivity index (χ0v) is 11.8. The second-order valence-corrected chi connectivity index (χ2v) is 5.51. The van der Waals surface area contributed by atoms with Crippen molar-refractivity contribution in [3.63, 3.8) is 0 Å². The van der Waals surface area contributed by atoms with Gasteiger partial charge in [0, 0.05) is 0 Å². The molecule has 2 rings (SSSR count). The molecule has 22 heavy (non-hydrogen) atoms. The lowest BCUT2D eigenvalue weighted by Gasteiger charge is -2.44. The molecule has 10 atom stereocenters. The van der Waals surface area contributed by atoms with Crippen LogP contribution in [0.1, 0.15) is 6.92 Å². The molecule has 2 saturated heterocycles. The predicted octanol–water partition coefficient (Wildman–Crippen LogP) is -4.37. The molecule has 0 unspecified atom stereocenters. The van der Waals surface area contributed by atoms with Crippen molar-refractivity contribution >= 4 is 0 Å². The fraction of sp³-hybridized carbons (Fsp3) is 1.00. The first-order chi connectivity index (χ1) is 10.3. The second-order valence-electron chi connectivity index (χ2n) is 5.51. The molecule has 0 aromatic carbocycles. The first-order valence-electron chi connectivity index (χ1n) is 6.93. The van der Waals surface area contributed by atoms with Gasteiger partial charge in [0.25, 0.3) is 0 Å². The first-order valence-corrected chi connectivity index (χ1v) is 6.93. The Hall–Kier alpha value is -0.400. The van der Waals surface area contributed by atoms with Crippen LogP contribution in [0.15, 0.2) is 0 Å². The Morgan fingerprint density at radius 1 is 0.818 bits per heavy atom. The standard InChI is InChI=1S/C12H22O10/c1-3-5(14)7(16)8(17)12(20-3)22-10-6(15)4(2-13)21-11(19)9(10)18/h3-19H,2H2,1H3/t3-,4-,5-,6-,7+,8-,9-,10-,11+,12-/m1/s1. The van der Waals surface area contributed by atoms with Crippen molar-refractivity contribution in [2.24, 2.45) is 0 Å². The van der Waals surface area contributed by atoms with Crippen molar-refractivity contribution in [2.75, 3.05) is 6.61 Å². The summed E-state index contributed by atoms with van der Waals surface area (Å²) in [5, 5.41) is 67.6. The molecule has 7 N–H and O–H groups in total. The average Bonchev–Trinajstić information content (AvgIpc) is 2.50. The lowest BCUT2D eigenvalue weighted by Crippen LogP contribution is -2.63. The normalized spacial score (nSPS) is 53.5. The summed E-state index contributed by atoms with van der Waals surface area (Å²) in [6, 6.07) is 0. The third-order valence-electron chi connectivity index (χ3n) is 3.94. The molecular formula is C12H22O10. The monoisotopic (exact) mass is 326 g/mol. The van der Waals surface area contributed by atoms with E-state index in [1.807, 2.05) is 0 Å². The van der Waals surface area contributed by atoms with E-state index >= 15 is 0 Å². The highest BCUT2D eigenvalue weighted by Gasteiger charge is 2.49. The third-order valence-corrected chi connectivity index (χ3v) is 3.94. The molecular weight excluding hydrogens is 304 g/mol. The zero-order chi connectivity index (χ0) is 16.6. The Labute approximate surface area is 126 Å². The van der Waals surface area contributed by atoms with Gasteiger partial charge in [0.2, 0.25) is 0 Å². The van der Waals surface area contributed by atoms with E-state index in [1.54, 1.807) is 0 Å². The fourth-order valence-electron chi connectivity index (χ4n) is 2.51. The van der Waals surface area contributed by atoms with E-state index in [4.69, 9.17) is 19.3 Å². The van der Waals surface area contributed by atoms with Crippen LogP contribution in [-0.4, -0.2) is 104 Å². The summed E-state index contributed by atoms with van der Waals surface area (Å²) in [6.45, 7) is 0.814. The topological polar surface area (TPSA) is 169 Å². The summed E-state index contributed by atoms with van der Waals surface area (Å²) in [5.74, 6) is 0. The highest BCUT2D eigenvalue weighted by molar-refractivity contribution is 4.93. The van der Waals surface area contributed by atoms with Gasteiger partial charge in [-0.2, -0.15) is 0 Å². The maximum absolute atomic E-state index is 9.99. The van der Waals surface area contributed by atoms with E-state index in [-0.39, 0.29) is 0 Å². The summed E-state index contributed by atoms with van der Waals surface area (Å²) >= 11 is 0. The number of hydrogen-bond acceptors (Lipinski definition) is 10. The van der Waals surface area contributed by atoms with Crippen LogP contribution in [0, 0.1) is 0 Å². The number of aliphatic hydroxyl groups is 7. The molecule has 10 heteroatoms. The quantitative estimate of drug-likeness (QED) is 0.269. The predicted molar refractivity (Wildman–Crippen MR) is 67.2 cm³/mol. The van der Waals surface area contributed by atoms with Gasteiger partial charge in [-0.3, -0.25) is 0 Å². The number of ether oxygens (including phenoxy) is 3. The number of hydrogen-bond donors (Lipinski definition) is 7. The van der Waals surface area contributed by atoms with Gasteiger partial charge in [-0.25, -0.2) is 0 Å². The Kier molecular flexibility index (Phi) is 5.72. The van der Waals surface area contributed by atoms with E-state index in [1.165, 1.54) is 6.92 Å². The van der Waals surface area contributed by atoms with Crippen molar-refractivity contribution < 1.29 is 50.0 Å². The van der Waals surface area contributed by atoms with Gasteiger partial charge in [-0.05, 0) is 6.92 Å². The molecule has 0 bridgehead atoms.